The van der Waals surface area contributed by atoms with Crippen molar-refractivity contribution in [3.8, 4) is 33.4 Å². The molecular weight excluding hydrogens is 933 g/mol. The van der Waals surface area contributed by atoms with Gasteiger partial charge in [0.25, 0.3) is 0 Å². The molecule has 322 valence electrons. The van der Waals surface area contributed by atoms with Crippen LogP contribution in [0.2, 0.25) is 0 Å². The van der Waals surface area contributed by atoms with Crippen molar-refractivity contribution in [2.24, 2.45) is 0 Å². The maximum absolute atomic E-state index is 3.73. The van der Waals surface area contributed by atoms with Crippen LogP contribution in [0.1, 0.15) is 35.6 Å². The largest absolute Gasteiger partial charge is 0.310 e. The fourth-order valence-corrected chi connectivity index (χ4v) is 10.4. The molecule has 0 aliphatic heterocycles. The minimum Gasteiger partial charge on any atom is -0.310 e. The highest BCUT2D eigenvalue weighted by Crippen LogP contribution is 2.46. The van der Waals surface area contributed by atoms with E-state index >= 15 is 0 Å². The Balaban J connectivity index is 1.03. The van der Waals surface area contributed by atoms with Crippen LogP contribution in [0, 0.1) is 20.8 Å². The predicted molar refractivity (Wildman–Crippen MR) is 291 cm³/mol. The van der Waals surface area contributed by atoms with Crippen LogP contribution in [0.5, 0.6) is 0 Å². The molecule has 10 rings (SSSR count). The van der Waals surface area contributed by atoms with Crippen LogP contribution in [0.4, 0.5) is 34.1 Å². The first-order valence-corrected chi connectivity index (χ1v) is 24.4. The number of halogens is 2. The molecule has 0 aromatic heterocycles. The highest BCUT2D eigenvalue weighted by atomic mass is 79.9. The number of hydrogen-bond acceptors (Lipinski definition) is 2. The molecule has 0 atom stereocenters. The smallest absolute Gasteiger partial charge is 0.0472 e. The Hall–Kier alpha value is -6.72. The molecule has 4 heteroatoms. The monoisotopic (exact) mass is 980 g/mol. The maximum Gasteiger partial charge on any atom is 0.0472 e. The van der Waals surface area contributed by atoms with E-state index in [4.69, 9.17) is 0 Å². The zero-order chi connectivity index (χ0) is 45.3. The number of hydrogen-bond donors (Lipinski definition) is 0. The van der Waals surface area contributed by atoms with Crippen LogP contribution in [0.3, 0.4) is 0 Å². The molecule has 0 saturated carbocycles. The van der Waals surface area contributed by atoms with Crippen molar-refractivity contribution in [1.29, 1.82) is 0 Å². The molecule has 0 fully saturated rings. The summed E-state index contributed by atoms with van der Waals surface area (Å²) in [5, 5.41) is 5.00. The molecule has 10 aromatic rings. The second-order valence-electron chi connectivity index (χ2n) is 17.3. The van der Waals surface area contributed by atoms with E-state index in [0.29, 0.717) is 0 Å². The lowest BCUT2D eigenvalue weighted by Crippen LogP contribution is -2.10. The van der Waals surface area contributed by atoms with Crippen molar-refractivity contribution < 1.29 is 0 Å². The van der Waals surface area contributed by atoms with Gasteiger partial charge in [0.05, 0.1) is 0 Å². The predicted octanol–water partition coefficient (Wildman–Crippen LogP) is 19.3. The fraction of sp³-hybridized carbons (Fsp3) is 0.0968. The maximum atomic E-state index is 3.73. The Morgan fingerprint density at radius 3 is 1.14 bits per heavy atom. The van der Waals surface area contributed by atoms with Gasteiger partial charge in [-0.25, -0.2) is 0 Å². The van der Waals surface area contributed by atoms with Crippen molar-refractivity contribution in [2.45, 2.75) is 40.5 Å². The molecule has 0 radical (unpaired) electrons. The van der Waals surface area contributed by atoms with Gasteiger partial charge in [0.15, 0.2) is 0 Å². The lowest BCUT2D eigenvalue weighted by atomic mass is 9.83. The van der Waals surface area contributed by atoms with Gasteiger partial charge in [0.1, 0.15) is 0 Å². The van der Waals surface area contributed by atoms with E-state index in [9.17, 15) is 0 Å². The summed E-state index contributed by atoms with van der Waals surface area (Å²) in [7, 11) is 0. The highest BCUT2D eigenvalue weighted by Gasteiger charge is 2.21. The van der Waals surface area contributed by atoms with Gasteiger partial charge in [-0.1, -0.05) is 172 Å². The molecule has 0 N–H and O–H groups in total. The molecule has 0 aliphatic carbocycles. The van der Waals surface area contributed by atoms with Crippen LogP contribution < -0.4 is 9.80 Å². The molecule has 0 aliphatic rings. The number of fused-ring (bicyclic) bond motifs is 2. The summed E-state index contributed by atoms with van der Waals surface area (Å²) in [5.74, 6) is 0. The van der Waals surface area contributed by atoms with Crippen molar-refractivity contribution in [3.63, 3.8) is 0 Å². The van der Waals surface area contributed by atoms with E-state index in [2.05, 4.69) is 276 Å². The first-order chi connectivity index (χ1) is 32.2. The van der Waals surface area contributed by atoms with Crippen molar-refractivity contribution in [1.82, 2.24) is 0 Å². The molecule has 0 amide bonds. The number of aryl methyl sites for hydroxylation is 4. The van der Waals surface area contributed by atoms with Gasteiger partial charge in [-0.3, -0.25) is 0 Å². The average molecular weight is 983 g/mol. The summed E-state index contributed by atoms with van der Waals surface area (Å²) in [6.07, 6.45) is 2.21. The van der Waals surface area contributed by atoms with Crippen LogP contribution >= 0.6 is 31.9 Å². The van der Waals surface area contributed by atoms with E-state index in [1.165, 1.54) is 77.2 Å². The van der Waals surface area contributed by atoms with E-state index in [0.717, 1.165) is 55.9 Å². The summed E-state index contributed by atoms with van der Waals surface area (Å²) in [5.41, 5.74) is 19.2. The van der Waals surface area contributed by atoms with Gasteiger partial charge in [0, 0.05) is 43.1 Å². The summed E-state index contributed by atoms with van der Waals surface area (Å²) in [4.78, 5) is 4.66. The van der Waals surface area contributed by atoms with Gasteiger partial charge in [-0.05, 0) is 184 Å². The molecule has 0 spiro atoms. The van der Waals surface area contributed by atoms with Gasteiger partial charge in [0.2, 0.25) is 0 Å². The lowest BCUT2D eigenvalue weighted by Gasteiger charge is -2.26. The van der Waals surface area contributed by atoms with Gasteiger partial charge in [-0.15, -0.1) is 0 Å². The van der Waals surface area contributed by atoms with E-state index in [1.54, 1.807) is 0 Å². The first-order valence-electron chi connectivity index (χ1n) is 22.8. The normalized spacial score (nSPS) is 11.3. The molecule has 10 aromatic carbocycles. The second-order valence-corrected chi connectivity index (χ2v) is 19.1. The van der Waals surface area contributed by atoms with Crippen LogP contribution in [-0.4, -0.2) is 0 Å². The fourth-order valence-electron chi connectivity index (χ4n) is 9.67. The lowest BCUT2D eigenvalue weighted by molar-refractivity contribution is 0.922. The van der Waals surface area contributed by atoms with Crippen molar-refractivity contribution >= 4 is 87.5 Å². The third-order valence-electron chi connectivity index (χ3n) is 12.8. The quantitative estimate of drug-likeness (QED) is 0.127. The van der Waals surface area contributed by atoms with Crippen LogP contribution in [-0.2, 0) is 6.42 Å². The average Bonchev–Trinajstić information content (AvgIpc) is 3.33. The summed E-state index contributed by atoms with van der Waals surface area (Å²) in [6, 6.07) is 75.6. The Bertz CT molecular complexity index is 3350. The number of nitrogens with zero attached hydrogens (tertiary/aromatic N) is 2. The molecule has 2 nitrogen and oxygen atoms in total. The zero-order valence-corrected chi connectivity index (χ0v) is 40.9. The number of rotatable bonds is 11. The number of benzene rings is 10. The van der Waals surface area contributed by atoms with Crippen molar-refractivity contribution in [2.75, 3.05) is 9.80 Å². The standard InChI is InChI=1S/C62H50Br2N2/c1-5-12-44-23-31-50(32-24-44)66(54-16-11-14-48(64)40-54)52-35-27-46(28-36-52)60-38-43(4)62(58-20-9-7-18-56(58)60)61-42(3)37-59(55-17-6-8-19-57(55)61)45-25-33-51(34-26-45)65(49-29-21-41(2)22-30-49)53-15-10-13-47(63)39-53/h6-11,13-40H,5,12H2,1-4H3. The molecule has 66 heavy (non-hydrogen) atoms. The molecule has 0 saturated heterocycles. The second kappa shape index (κ2) is 18.6. The molecule has 0 bridgehead atoms. The Morgan fingerprint density at radius 2 is 0.742 bits per heavy atom. The van der Waals surface area contributed by atoms with Gasteiger partial charge in [-0.2, -0.15) is 0 Å². The summed E-state index contributed by atoms with van der Waals surface area (Å²) in [6.45, 7) is 8.92. The van der Waals surface area contributed by atoms with Gasteiger partial charge < -0.3 is 9.80 Å². The Kier molecular flexibility index (Phi) is 12.2. The minimum absolute atomic E-state index is 1.05. The summed E-state index contributed by atoms with van der Waals surface area (Å²) >= 11 is 7.44. The SMILES string of the molecule is CCCc1ccc(N(c2ccc(-c3cc(C)c(-c4c(C)cc(-c5ccc(N(c6ccc(C)cc6)c6cccc(Br)c6)cc5)c5ccccc45)c4ccccc34)cc2)c2cccc(Br)c2)cc1. The summed E-state index contributed by atoms with van der Waals surface area (Å²) < 4.78 is 2.10. The third kappa shape index (κ3) is 8.48. The van der Waals surface area contributed by atoms with Crippen LogP contribution in [0.15, 0.2) is 215 Å². The van der Waals surface area contributed by atoms with Crippen LogP contribution in [0.25, 0.3) is 54.9 Å². The highest BCUT2D eigenvalue weighted by molar-refractivity contribution is 9.10. The van der Waals surface area contributed by atoms with Crippen molar-refractivity contribution in [3.05, 3.63) is 237 Å². The molecule has 0 heterocycles. The zero-order valence-electron chi connectivity index (χ0n) is 37.7. The number of anilines is 6. The Labute approximate surface area is 406 Å². The minimum atomic E-state index is 1.05. The third-order valence-corrected chi connectivity index (χ3v) is 13.8. The van der Waals surface area contributed by atoms with Gasteiger partial charge >= 0.3 is 0 Å². The molecular formula is C62H50Br2N2. The van der Waals surface area contributed by atoms with E-state index in [-0.39, 0.29) is 0 Å². The Morgan fingerprint density at radius 1 is 0.364 bits per heavy atom. The van der Waals surface area contributed by atoms with E-state index in [1.807, 2.05) is 0 Å². The topological polar surface area (TPSA) is 6.48 Å². The molecule has 0 unspecified atom stereocenters. The first kappa shape index (κ1) is 43.2. The van der Waals surface area contributed by atoms with E-state index < -0.39 is 0 Å².